The summed E-state index contributed by atoms with van der Waals surface area (Å²) in [6.45, 7) is 8.28. The van der Waals surface area contributed by atoms with Crippen molar-refractivity contribution in [2.75, 3.05) is 13.1 Å². The number of hydrogen-bond donors (Lipinski definition) is 1. The van der Waals surface area contributed by atoms with Gasteiger partial charge in [0, 0.05) is 36.6 Å². The highest BCUT2D eigenvalue weighted by Gasteiger charge is 2.32. The third-order valence-corrected chi connectivity index (χ3v) is 5.42. The minimum Gasteiger partial charge on any atom is -0.349 e. The zero-order chi connectivity index (χ0) is 17.6. The van der Waals surface area contributed by atoms with E-state index in [9.17, 15) is 4.79 Å². The van der Waals surface area contributed by atoms with Crippen molar-refractivity contribution in [3.05, 3.63) is 23.5 Å². The summed E-state index contributed by atoms with van der Waals surface area (Å²) in [7, 11) is 0. The van der Waals surface area contributed by atoms with E-state index in [0.29, 0.717) is 5.56 Å². The van der Waals surface area contributed by atoms with Crippen molar-refractivity contribution in [2.45, 2.75) is 64.6 Å². The molecule has 1 aliphatic heterocycles. The van der Waals surface area contributed by atoms with E-state index in [4.69, 9.17) is 0 Å². The van der Waals surface area contributed by atoms with Crippen LogP contribution in [-0.2, 0) is 0 Å². The Hall–Kier alpha value is -1.95. The number of nitrogens with zero attached hydrogens (tertiary/aromatic N) is 4. The summed E-state index contributed by atoms with van der Waals surface area (Å²) in [5, 5.41) is 8.54. The maximum Gasteiger partial charge on any atom is 0.253 e. The van der Waals surface area contributed by atoms with Gasteiger partial charge in [0.2, 0.25) is 0 Å². The van der Waals surface area contributed by atoms with Crippen molar-refractivity contribution in [2.24, 2.45) is 0 Å². The van der Waals surface area contributed by atoms with Crippen LogP contribution in [0, 0.1) is 6.92 Å². The molecule has 134 valence electrons. The van der Waals surface area contributed by atoms with E-state index >= 15 is 0 Å². The van der Waals surface area contributed by atoms with E-state index in [2.05, 4.69) is 34.1 Å². The van der Waals surface area contributed by atoms with Crippen LogP contribution in [0.3, 0.4) is 0 Å². The van der Waals surface area contributed by atoms with Gasteiger partial charge in [-0.15, -0.1) is 0 Å². The molecule has 1 aliphatic carbocycles. The summed E-state index contributed by atoms with van der Waals surface area (Å²) in [5.41, 5.74) is 2.28. The second-order valence-corrected chi connectivity index (χ2v) is 7.73. The number of hydrogen-bond acceptors (Lipinski definition) is 4. The lowest BCUT2D eigenvalue weighted by Crippen LogP contribution is -2.45. The Labute approximate surface area is 148 Å². The molecular formula is C19H27N5O. The molecule has 1 N–H and O–H groups in total. The lowest BCUT2D eigenvalue weighted by atomic mass is 10.0. The van der Waals surface area contributed by atoms with Crippen LogP contribution in [0.4, 0.5) is 0 Å². The molecule has 1 amide bonds. The second-order valence-electron chi connectivity index (χ2n) is 7.73. The van der Waals surface area contributed by atoms with E-state index < -0.39 is 0 Å². The fourth-order valence-electron chi connectivity index (χ4n) is 3.79. The third kappa shape index (κ3) is 3.27. The lowest BCUT2D eigenvalue weighted by Gasteiger charge is -2.32. The Kier molecular flexibility index (Phi) is 4.23. The molecule has 0 spiro atoms. The van der Waals surface area contributed by atoms with Gasteiger partial charge >= 0.3 is 0 Å². The van der Waals surface area contributed by atoms with E-state index in [-0.39, 0.29) is 18.0 Å². The number of carbonyl (C=O) groups is 1. The number of nitrogens with one attached hydrogen (secondary N) is 1. The fraction of sp³-hybridized carbons (Fsp3) is 0.632. The molecule has 3 heterocycles. The van der Waals surface area contributed by atoms with E-state index in [0.717, 1.165) is 48.7 Å². The molecule has 25 heavy (non-hydrogen) atoms. The van der Waals surface area contributed by atoms with Crippen molar-refractivity contribution in [3.8, 4) is 0 Å². The predicted octanol–water partition coefficient (Wildman–Crippen LogP) is 2.68. The monoisotopic (exact) mass is 341 g/mol. The average Bonchev–Trinajstić information content (AvgIpc) is 3.35. The molecule has 4 rings (SSSR count). The van der Waals surface area contributed by atoms with Crippen molar-refractivity contribution in [1.29, 1.82) is 0 Å². The molecule has 2 aliphatic rings. The number of aromatic nitrogens is 3. The van der Waals surface area contributed by atoms with E-state index in [1.807, 2.05) is 17.7 Å². The van der Waals surface area contributed by atoms with Gasteiger partial charge in [-0.05, 0) is 52.5 Å². The Bertz CT molecular complexity index is 784. The largest absolute Gasteiger partial charge is 0.349 e. The van der Waals surface area contributed by atoms with Gasteiger partial charge in [-0.3, -0.25) is 4.79 Å². The van der Waals surface area contributed by atoms with Gasteiger partial charge < -0.3 is 10.2 Å². The topological polar surface area (TPSA) is 63.1 Å². The minimum atomic E-state index is -0.00549. The molecule has 0 atom stereocenters. The summed E-state index contributed by atoms with van der Waals surface area (Å²) >= 11 is 0. The van der Waals surface area contributed by atoms with Gasteiger partial charge in [0.05, 0.1) is 17.5 Å². The van der Waals surface area contributed by atoms with Crippen LogP contribution in [0.5, 0.6) is 0 Å². The first-order chi connectivity index (χ1) is 12.0. The summed E-state index contributed by atoms with van der Waals surface area (Å²) in [5.74, 6) is -0.00549. The first-order valence-corrected chi connectivity index (χ1v) is 9.42. The number of amides is 1. The third-order valence-electron chi connectivity index (χ3n) is 5.42. The van der Waals surface area contributed by atoms with Crippen LogP contribution in [0.2, 0.25) is 0 Å². The SMILES string of the molecule is Cc1nc2c(cnn2C(C)C)cc1C(=O)NC1CCN(C2CC2)CC1. The zero-order valence-corrected chi connectivity index (χ0v) is 15.3. The Morgan fingerprint density at radius 1 is 1.24 bits per heavy atom. The van der Waals surface area contributed by atoms with Crippen LogP contribution in [-0.4, -0.2) is 50.7 Å². The van der Waals surface area contributed by atoms with Gasteiger partial charge in [-0.25, -0.2) is 9.67 Å². The lowest BCUT2D eigenvalue weighted by molar-refractivity contribution is 0.0908. The highest BCUT2D eigenvalue weighted by atomic mass is 16.1. The summed E-state index contributed by atoms with van der Waals surface area (Å²) in [4.78, 5) is 20.0. The fourth-order valence-corrected chi connectivity index (χ4v) is 3.79. The molecule has 2 fully saturated rings. The quantitative estimate of drug-likeness (QED) is 0.929. The zero-order valence-electron chi connectivity index (χ0n) is 15.3. The van der Waals surface area contributed by atoms with Gasteiger partial charge in [0.15, 0.2) is 5.65 Å². The van der Waals surface area contributed by atoms with Crippen LogP contribution in [0.1, 0.15) is 61.6 Å². The van der Waals surface area contributed by atoms with Crippen molar-refractivity contribution in [1.82, 2.24) is 25.0 Å². The van der Waals surface area contributed by atoms with Crippen LogP contribution < -0.4 is 5.32 Å². The number of fused-ring (bicyclic) bond motifs is 1. The Morgan fingerprint density at radius 3 is 2.60 bits per heavy atom. The van der Waals surface area contributed by atoms with Gasteiger partial charge in [0.25, 0.3) is 5.91 Å². The molecule has 0 unspecified atom stereocenters. The normalized spacial score (nSPS) is 19.7. The van der Waals surface area contributed by atoms with Crippen molar-refractivity contribution < 1.29 is 4.79 Å². The van der Waals surface area contributed by atoms with Crippen LogP contribution >= 0.6 is 0 Å². The summed E-state index contributed by atoms with van der Waals surface area (Å²) in [6, 6.07) is 3.28. The molecule has 1 saturated heterocycles. The maximum atomic E-state index is 12.8. The standard InChI is InChI=1S/C19H27N5O/c1-12(2)24-18-14(11-20-24)10-17(13(3)21-18)19(25)22-15-6-8-23(9-7-15)16-4-5-16/h10-12,15-16H,4-9H2,1-3H3,(H,22,25). The maximum absolute atomic E-state index is 12.8. The number of aryl methyl sites for hydroxylation is 1. The first kappa shape index (κ1) is 16.5. The number of carbonyl (C=O) groups excluding carboxylic acids is 1. The predicted molar refractivity (Wildman–Crippen MR) is 97.7 cm³/mol. The van der Waals surface area contributed by atoms with E-state index in [1.54, 1.807) is 6.20 Å². The first-order valence-electron chi connectivity index (χ1n) is 9.42. The Balaban J connectivity index is 1.47. The molecule has 2 aromatic heterocycles. The van der Waals surface area contributed by atoms with E-state index in [1.165, 1.54) is 12.8 Å². The highest BCUT2D eigenvalue weighted by molar-refractivity contribution is 5.98. The van der Waals surface area contributed by atoms with Gasteiger partial charge in [-0.2, -0.15) is 5.10 Å². The molecule has 0 bridgehead atoms. The average molecular weight is 341 g/mol. The van der Waals surface area contributed by atoms with Crippen molar-refractivity contribution in [3.63, 3.8) is 0 Å². The number of likely N-dealkylation sites (tertiary alicyclic amines) is 1. The highest BCUT2D eigenvalue weighted by Crippen LogP contribution is 2.29. The second kappa shape index (κ2) is 6.41. The molecule has 2 aromatic rings. The molecule has 6 heteroatoms. The molecule has 0 radical (unpaired) electrons. The Morgan fingerprint density at radius 2 is 1.96 bits per heavy atom. The number of pyridine rings is 1. The van der Waals surface area contributed by atoms with Crippen molar-refractivity contribution >= 4 is 16.9 Å². The van der Waals surface area contributed by atoms with Crippen LogP contribution in [0.15, 0.2) is 12.3 Å². The van der Waals surface area contributed by atoms with Gasteiger partial charge in [0.1, 0.15) is 0 Å². The molecular weight excluding hydrogens is 314 g/mol. The minimum absolute atomic E-state index is 0.00549. The smallest absolute Gasteiger partial charge is 0.253 e. The number of rotatable bonds is 4. The number of piperidine rings is 1. The summed E-state index contributed by atoms with van der Waals surface area (Å²) in [6.07, 6.45) is 6.59. The molecule has 0 aromatic carbocycles. The van der Waals surface area contributed by atoms with Gasteiger partial charge in [-0.1, -0.05) is 0 Å². The van der Waals surface area contributed by atoms with Crippen LogP contribution in [0.25, 0.3) is 11.0 Å². The summed E-state index contributed by atoms with van der Waals surface area (Å²) < 4.78 is 1.90. The molecule has 1 saturated carbocycles. The molecule has 6 nitrogen and oxygen atoms in total.